The fourth-order valence-electron chi connectivity index (χ4n) is 3.27. The fourth-order valence-corrected chi connectivity index (χ4v) is 3.27. The lowest BCUT2D eigenvalue weighted by atomic mass is 10.1. The Balaban J connectivity index is 0.00000450. The van der Waals surface area contributed by atoms with Gasteiger partial charge in [-0.2, -0.15) is 0 Å². The number of para-hydroxylation sites is 1. The van der Waals surface area contributed by atoms with Crippen molar-refractivity contribution in [3.05, 3.63) is 29.8 Å². The van der Waals surface area contributed by atoms with E-state index in [1.165, 1.54) is 0 Å². The molecule has 2 rings (SSSR count). The molecule has 1 aromatic rings. The maximum Gasteiger partial charge on any atom is 0.234 e. The molecule has 7 nitrogen and oxygen atoms in total. The second-order valence-corrected chi connectivity index (χ2v) is 8.71. The average molecular weight is 531 g/mol. The number of carbonyl (C=O) groups excluding carboxylic acids is 1. The number of hydrogen-bond acceptors (Lipinski definition) is 4. The minimum Gasteiger partial charge on any atom is -0.488 e. The molecule has 1 heterocycles. The smallest absolute Gasteiger partial charge is 0.234 e. The number of hydrogen-bond donors (Lipinski definition) is 2. The van der Waals surface area contributed by atoms with Crippen LogP contribution in [0.5, 0.6) is 5.75 Å². The first-order chi connectivity index (χ1) is 13.7. The maximum atomic E-state index is 12.0. The van der Waals surface area contributed by atoms with E-state index in [1.807, 2.05) is 39.1 Å². The number of nitrogens with one attached hydrogen (secondary N) is 2. The van der Waals surface area contributed by atoms with Crippen LogP contribution in [0.15, 0.2) is 29.3 Å². The molecule has 0 spiro atoms. The zero-order chi connectivity index (χ0) is 21.4. The number of guanidine groups is 1. The minimum atomic E-state index is -0.240. The normalized spacial score (nSPS) is 15.6. The van der Waals surface area contributed by atoms with Crippen LogP contribution in [0, 0.1) is 0 Å². The van der Waals surface area contributed by atoms with Gasteiger partial charge in [0.1, 0.15) is 11.4 Å². The van der Waals surface area contributed by atoms with E-state index in [-0.39, 0.29) is 41.5 Å². The molecule has 1 amide bonds. The van der Waals surface area contributed by atoms with Gasteiger partial charge in [-0.05, 0) is 40.7 Å². The van der Waals surface area contributed by atoms with Crippen LogP contribution in [-0.4, -0.2) is 73.1 Å². The molecule has 0 aliphatic carbocycles. The molecule has 1 fully saturated rings. The van der Waals surface area contributed by atoms with E-state index in [2.05, 4.69) is 52.3 Å². The maximum absolute atomic E-state index is 12.0. The first-order valence-corrected chi connectivity index (χ1v) is 10.4. The second kappa shape index (κ2) is 12.3. The van der Waals surface area contributed by atoms with Crippen molar-refractivity contribution in [2.24, 2.45) is 4.99 Å². The van der Waals surface area contributed by atoms with Crippen molar-refractivity contribution < 1.29 is 9.53 Å². The third-order valence-electron chi connectivity index (χ3n) is 4.53. The monoisotopic (exact) mass is 531 g/mol. The SMILES string of the molecule is CN=C(NCc1ccccc1OC(C)(C)C)N1CCN(CC(=O)NC(C)C)CC1.I. The minimum absolute atomic E-state index is 0. The summed E-state index contributed by atoms with van der Waals surface area (Å²) < 4.78 is 6.08. The lowest BCUT2D eigenvalue weighted by molar-refractivity contribution is -0.123. The Morgan fingerprint density at radius 3 is 2.37 bits per heavy atom. The standard InChI is InChI=1S/C22H37N5O2.HI/c1-17(2)25-20(28)16-26-11-13-27(14-12-26)21(23-6)24-15-18-9-7-8-10-19(18)29-22(3,4)5;/h7-10,17H,11-16H2,1-6H3,(H,23,24)(H,25,28);1H. The first-order valence-electron chi connectivity index (χ1n) is 10.4. The molecule has 0 atom stereocenters. The summed E-state index contributed by atoms with van der Waals surface area (Å²) in [7, 11) is 1.81. The van der Waals surface area contributed by atoms with Crippen LogP contribution in [0.3, 0.4) is 0 Å². The summed E-state index contributed by atoms with van der Waals surface area (Å²) in [5.74, 6) is 1.86. The van der Waals surface area contributed by atoms with Crippen LogP contribution < -0.4 is 15.4 Å². The van der Waals surface area contributed by atoms with Crippen molar-refractivity contribution in [3.63, 3.8) is 0 Å². The van der Waals surface area contributed by atoms with Gasteiger partial charge in [-0.25, -0.2) is 0 Å². The number of rotatable bonds is 6. The lowest BCUT2D eigenvalue weighted by Crippen LogP contribution is -2.54. The summed E-state index contributed by atoms with van der Waals surface area (Å²) in [5.41, 5.74) is 0.864. The van der Waals surface area contributed by atoms with Crippen molar-refractivity contribution in [3.8, 4) is 5.75 Å². The van der Waals surface area contributed by atoms with E-state index >= 15 is 0 Å². The van der Waals surface area contributed by atoms with E-state index in [0.717, 1.165) is 43.5 Å². The highest BCUT2D eigenvalue weighted by atomic mass is 127. The highest BCUT2D eigenvalue weighted by Crippen LogP contribution is 2.22. The Labute approximate surface area is 198 Å². The number of ether oxygens (including phenoxy) is 1. The average Bonchev–Trinajstić information content (AvgIpc) is 2.62. The van der Waals surface area contributed by atoms with Gasteiger partial charge in [-0.15, -0.1) is 24.0 Å². The van der Waals surface area contributed by atoms with Crippen LogP contribution >= 0.6 is 24.0 Å². The van der Waals surface area contributed by atoms with Crippen LogP contribution in [0.1, 0.15) is 40.2 Å². The van der Waals surface area contributed by atoms with Crippen molar-refractivity contribution in [1.29, 1.82) is 0 Å². The first kappa shape index (κ1) is 26.5. The predicted octanol–water partition coefficient (Wildman–Crippen LogP) is 2.70. The van der Waals surface area contributed by atoms with Gasteiger partial charge in [0.05, 0.1) is 6.54 Å². The number of amides is 1. The molecular formula is C22H38IN5O2. The summed E-state index contributed by atoms with van der Waals surface area (Å²) >= 11 is 0. The van der Waals surface area contributed by atoms with Gasteiger partial charge in [-0.1, -0.05) is 18.2 Å². The highest BCUT2D eigenvalue weighted by molar-refractivity contribution is 14.0. The van der Waals surface area contributed by atoms with E-state index in [4.69, 9.17) is 4.74 Å². The van der Waals surface area contributed by atoms with Gasteiger partial charge in [0, 0.05) is 51.4 Å². The Kier molecular flexibility index (Phi) is 10.9. The summed E-state index contributed by atoms with van der Waals surface area (Å²) in [6, 6.07) is 8.28. The van der Waals surface area contributed by atoms with Crippen molar-refractivity contribution in [2.75, 3.05) is 39.8 Å². The van der Waals surface area contributed by atoms with Crippen molar-refractivity contribution >= 4 is 35.8 Å². The number of benzene rings is 1. The molecule has 1 aliphatic heterocycles. The predicted molar refractivity (Wildman–Crippen MR) is 134 cm³/mol. The second-order valence-electron chi connectivity index (χ2n) is 8.71. The Bertz CT molecular complexity index is 695. The number of piperazine rings is 1. The summed E-state index contributed by atoms with van der Waals surface area (Å²) in [4.78, 5) is 20.8. The lowest BCUT2D eigenvalue weighted by Gasteiger charge is -2.36. The molecular weight excluding hydrogens is 493 g/mol. The molecule has 1 aromatic carbocycles. The number of aliphatic imine (C=N–C) groups is 1. The number of nitrogens with zero attached hydrogens (tertiary/aromatic N) is 3. The van der Waals surface area contributed by atoms with Gasteiger partial charge in [-0.3, -0.25) is 14.7 Å². The molecule has 0 unspecified atom stereocenters. The van der Waals surface area contributed by atoms with Gasteiger partial charge >= 0.3 is 0 Å². The molecule has 0 saturated carbocycles. The molecule has 0 aromatic heterocycles. The van der Waals surface area contributed by atoms with E-state index in [1.54, 1.807) is 0 Å². The molecule has 30 heavy (non-hydrogen) atoms. The zero-order valence-electron chi connectivity index (χ0n) is 19.2. The van der Waals surface area contributed by atoms with E-state index in [0.29, 0.717) is 13.1 Å². The van der Waals surface area contributed by atoms with E-state index < -0.39 is 0 Å². The van der Waals surface area contributed by atoms with Crippen molar-refractivity contribution in [2.45, 2.75) is 52.8 Å². The zero-order valence-corrected chi connectivity index (χ0v) is 21.5. The molecule has 0 bridgehead atoms. The molecule has 2 N–H and O–H groups in total. The molecule has 1 saturated heterocycles. The van der Waals surface area contributed by atoms with Crippen LogP contribution in [0.2, 0.25) is 0 Å². The molecule has 0 radical (unpaired) electrons. The number of halogens is 1. The quantitative estimate of drug-likeness (QED) is 0.336. The highest BCUT2D eigenvalue weighted by Gasteiger charge is 2.22. The van der Waals surface area contributed by atoms with Crippen LogP contribution in [0.25, 0.3) is 0 Å². The topological polar surface area (TPSA) is 69.2 Å². The summed E-state index contributed by atoms with van der Waals surface area (Å²) in [6.07, 6.45) is 0. The Hall–Kier alpha value is -1.55. The third-order valence-corrected chi connectivity index (χ3v) is 4.53. The molecule has 170 valence electrons. The van der Waals surface area contributed by atoms with Gasteiger partial charge in [0.25, 0.3) is 0 Å². The summed E-state index contributed by atoms with van der Waals surface area (Å²) in [5, 5.41) is 6.41. The number of carbonyl (C=O) groups is 1. The van der Waals surface area contributed by atoms with E-state index in [9.17, 15) is 4.79 Å². The Morgan fingerprint density at radius 2 is 1.80 bits per heavy atom. The third kappa shape index (κ3) is 9.07. The fraction of sp³-hybridized carbons (Fsp3) is 0.636. The molecule has 8 heteroatoms. The molecule has 1 aliphatic rings. The van der Waals surface area contributed by atoms with Gasteiger partial charge < -0.3 is 20.3 Å². The van der Waals surface area contributed by atoms with Crippen molar-refractivity contribution in [1.82, 2.24) is 20.4 Å². The summed E-state index contributed by atoms with van der Waals surface area (Å²) in [6.45, 7) is 14.6. The van der Waals surface area contributed by atoms with Crippen LogP contribution in [0.4, 0.5) is 0 Å². The van der Waals surface area contributed by atoms with Gasteiger partial charge in [0.15, 0.2) is 5.96 Å². The van der Waals surface area contributed by atoms with Gasteiger partial charge in [0.2, 0.25) is 5.91 Å². The Morgan fingerprint density at radius 1 is 1.17 bits per heavy atom. The largest absolute Gasteiger partial charge is 0.488 e. The van der Waals surface area contributed by atoms with Crippen LogP contribution in [-0.2, 0) is 11.3 Å².